The Labute approximate surface area is 88.5 Å². The number of allylic oxidation sites excluding steroid dienone is 2. The second kappa shape index (κ2) is 4.97. The zero-order chi connectivity index (χ0) is 10.6. The molecule has 1 rings (SSSR count). The third-order valence-electron chi connectivity index (χ3n) is 2.71. The molecule has 0 aromatic heterocycles. The first-order valence-corrected chi connectivity index (χ1v) is 5.82. The Kier molecular flexibility index (Phi) is 4.18. The van der Waals surface area contributed by atoms with Gasteiger partial charge in [0.15, 0.2) is 0 Å². The van der Waals surface area contributed by atoms with E-state index >= 15 is 0 Å². The van der Waals surface area contributed by atoms with Gasteiger partial charge in [-0.15, -0.1) is 0 Å². The van der Waals surface area contributed by atoms with Crippen LogP contribution in [0.5, 0.6) is 0 Å². The molecule has 0 amide bonds. The average molecular weight is 196 g/mol. The highest BCUT2D eigenvalue weighted by atomic mass is 16.5. The van der Waals surface area contributed by atoms with Crippen LogP contribution in [-0.2, 0) is 4.74 Å². The summed E-state index contributed by atoms with van der Waals surface area (Å²) in [6.45, 7) is 8.76. The number of hydrogen-bond acceptors (Lipinski definition) is 1. The van der Waals surface area contributed by atoms with Gasteiger partial charge in [0.1, 0.15) is 0 Å². The molecule has 0 spiro atoms. The molecule has 0 aromatic carbocycles. The van der Waals surface area contributed by atoms with E-state index in [2.05, 4.69) is 39.8 Å². The fourth-order valence-electron chi connectivity index (χ4n) is 1.95. The van der Waals surface area contributed by atoms with E-state index in [-0.39, 0.29) is 5.60 Å². The second-order valence-corrected chi connectivity index (χ2v) is 5.37. The van der Waals surface area contributed by atoms with Gasteiger partial charge in [0, 0.05) is 0 Å². The molecule has 2 atom stereocenters. The minimum Gasteiger partial charge on any atom is -0.372 e. The van der Waals surface area contributed by atoms with E-state index in [0.717, 1.165) is 0 Å². The Bertz CT molecular complexity index is 188. The molecule has 82 valence electrons. The average Bonchev–Trinajstić information content (AvgIpc) is 2.03. The fraction of sp³-hybridized carbons (Fsp3) is 0.846. The Morgan fingerprint density at radius 2 is 1.64 bits per heavy atom. The number of hydrogen-bond donors (Lipinski definition) is 0. The largest absolute Gasteiger partial charge is 0.372 e. The zero-order valence-electron chi connectivity index (χ0n) is 10.0. The quantitative estimate of drug-likeness (QED) is 0.577. The lowest BCUT2D eigenvalue weighted by Crippen LogP contribution is -2.32. The molecule has 1 heteroatoms. The summed E-state index contributed by atoms with van der Waals surface area (Å²) in [5.74, 6) is 0.694. The minimum atomic E-state index is 0.00182. The van der Waals surface area contributed by atoms with Gasteiger partial charge >= 0.3 is 0 Å². The maximum absolute atomic E-state index is 6.09. The van der Waals surface area contributed by atoms with Crippen LogP contribution < -0.4 is 0 Å². The first-order chi connectivity index (χ1) is 6.49. The van der Waals surface area contributed by atoms with E-state index in [1.54, 1.807) is 0 Å². The third kappa shape index (κ3) is 4.28. The lowest BCUT2D eigenvalue weighted by atomic mass is 9.92. The van der Waals surface area contributed by atoms with Crippen LogP contribution in [0.3, 0.4) is 0 Å². The van der Waals surface area contributed by atoms with Crippen molar-refractivity contribution in [3.8, 4) is 0 Å². The molecular weight excluding hydrogens is 172 g/mol. The summed E-state index contributed by atoms with van der Waals surface area (Å²) in [6.07, 6.45) is 9.87. The lowest BCUT2D eigenvalue weighted by molar-refractivity contribution is -0.0863. The van der Waals surface area contributed by atoms with E-state index in [1.165, 1.54) is 25.7 Å². The third-order valence-corrected chi connectivity index (χ3v) is 2.71. The molecule has 0 saturated heterocycles. The summed E-state index contributed by atoms with van der Waals surface area (Å²) in [6, 6.07) is 0. The van der Waals surface area contributed by atoms with Crippen LogP contribution in [0.1, 0.15) is 53.4 Å². The van der Waals surface area contributed by atoms with Crippen molar-refractivity contribution < 1.29 is 4.74 Å². The summed E-state index contributed by atoms with van der Waals surface area (Å²) >= 11 is 0. The van der Waals surface area contributed by atoms with Crippen LogP contribution in [0, 0.1) is 5.92 Å². The lowest BCUT2D eigenvalue weighted by Gasteiger charge is -2.32. The normalized spacial score (nSPS) is 29.7. The van der Waals surface area contributed by atoms with Crippen molar-refractivity contribution in [3.05, 3.63) is 12.2 Å². The van der Waals surface area contributed by atoms with Gasteiger partial charge in [0.25, 0.3) is 0 Å². The van der Waals surface area contributed by atoms with Gasteiger partial charge in [-0.1, -0.05) is 19.1 Å². The van der Waals surface area contributed by atoms with E-state index < -0.39 is 0 Å². The molecule has 1 aliphatic carbocycles. The summed E-state index contributed by atoms with van der Waals surface area (Å²) in [7, 11) is 0. The maximum Gasteiger partial charge on any atom is 0.0610 e. The Balaban J connectivity index is 2.51. The topological polar surface area (TPSA) is 9.23 Å². The molecule has 14 heavy (non-hydrogen) atoms. The van der Waals surface area contributed by atoms with E-state index in [9.17, 15) is 0 Å². The van der Waals surface area contributed by atoms with Crippen molar-refractivity contribution in [2.24, 2.45) is 5.92 Å². The van der Waals surface area contributed by atoms with Gasteiger partial charge in [-0.3, -0.25) is 0 Å². The molecule has 0 saturated carbocycles. The maximum atomic E-state index is 6.09. The Hall–Kier alpha value is -0.300. The van der Waals surface area contributed by atoms with Crippen molar-refractivity contribution >= 4 is 0 Å². The zero-order valence-corrected chi connectivity index (χ0v) is 10.0. The summed E-state index contributed by atoms with van der Waals surface area (Å²) in [5.41, 5.74) is 0.00182. The molecule has 0 radical (unpaired) electrons. The monoisotopic (exact) mass is 196 g/mol. The van der Waals surface area contributed by atoms with Gasteiger partial charge in [0.05, 0.1) is 11.7 Å². The van der Waals surface area contributed by atoms with Crippen LogP contribution in [0.15, 0.2) is 12.2 Å². The van der Waals surface area contributed by atoms with E-state index in [0.29, 0.717) is 12.0 Å². The second-order valence-electron chi connectivity index (χ2n) is 5.37. The van der Waals surface area contributed by atoms with E-state index in [1.807, 2.05) is 0 Å². The number of rotatable bonds is 1. The van der Waals surface area contributed by atoms with Gasteiger partial charge < -0.3 is 4.74 Å². The minimum absolute atomic E-state index is 0.00182. The highest BCUT2D eigenvalue weighted by Gasteiger charge is 2.23. The van der Waals surface area contributed by atoms with Crippen molar-refractivity contribution in [2.45, 2.75) is 65.1 Å². The summed E-state index contributed by atoms with van der Waals surface area (Å²) in [5, 5.41) is 0. The predicted molar refractivity (Wildman–Crippen MR) is 61.4 cm³/mol. The molecule has 0 aliphatic heterocycles. The molecular formula is C13H24O. The fourth-order valence-corrected chi connectivity index (χ4v) is 1.95. The molecule has 1 aliphatic rings. The first-order valence-electron chi connectivity index (χ1n) is 5.82. The predicted octanol–water partition coefficient (Wildman–Crippen LogP) is 3.94. The summed E-state index contributed by atoms with van der Waals surface area (Å²) in [4.78, 5) is 0. The number of ether oxygens (including phenoxy) is 1. The van der Waals surface area contributed by atoms with Crippen LogP contribution in [-0.4, -0.2) is 11.7 Å². The van der Waals surface area contributed by atoms with Crippen molar-refractivity contribution in [3.63, 3.8) is 0 Å². The van der Waals surface area contributed by atoms with Crippen LogP contribution in [0.25, 0.3) is 0 Å². The molecule has 0 aromatic rings. The Morgan fingerprint density at radius 3 is 2.21 bits per heavy atom. The summed E-state index contributed by atoms with van der Waals surface area (Å²) < 4.78 is 6.09. The highest BCUT2D eigenvalue weighted by Crippen LogP contribution is 2.25. The standard InChI is InChI=1S/C13H24O/c1-11-9-7-5-6-8-10-12(11)14-13(2,3)4/h5-6,11-12H,7-10H2,1-4H3. The van der Waals surface area contributed by atoms with Crippen molar-refractivity contribution in [1.29, 1.82) is 0 Å². The van der Waals surface area contributed by atoms with Crippen LogP contribution in [0.2, 0.25) is 0 Å². The van der Waals surface area contributed by atoms with Gasteiger partial charge in [0.2, 0.25) is 0 Å². The van der Waals surface area contributed by atoms with Gasteiger partial charge in [-0.2, -0.15) is 0 Å². The molecule has 0 bridgehead atoms. The molecule has 2 unspecified atom stereocenters. The smallest absolute Gasteiger partial charge is 0.0610 e. The molecule has 0 heterocycles. The van der Waals surface area contributed by atoms with Crippen LogP contribution >= 0.6 is 0 Å². The van der Waals surface area contributed by atoms with Gasteiger partial charge in [-0.25, -0.2) is 0 Å². The SMILES string of the molecule is CC1CCC=CCCC1OC(C)(C)C. The Morgan fingerprint density at radius 1 is 1.07 bits per heavy atom. The highest BCUT2D eigenvalue weighted by molar-refractivity contribution is 4.87. The molecule has 0 N–H and O–H groups in total. The molecule has 1 nitrogen and oxygen atoms in total. The van der Waals surface area contributed by atoms with E-state index in [4.69, 9.17) is 4.74 Å². The van der Waals surface area contributed by atoms with Crippen LogP contribution in [0.4, 0.5) is 0 Å². The first kappa shape index (κ1) is 11.8. The molecule has 0 fully saturated rings. The van der Waals surface area contributed by atoms with Gasteiger partial charge in [-0.05, 0) is 52.4 Å². The van der Waals surface area contributed by atoms with Crippen molar-refractivity contribution in [2.75, 3.05) is 0 Å². The van der Waals surface area contributed by atoms with Crippen molar-refractivity contribution in [1.82, 2.24) is 0 Å².